The molecule has 0 radical (unpaired) electrons. The van der Waals surface area contributed by atoms with E-state index in [1.807, 2.05) is 24.3 Å². The molecule has 0 amide bonds. The van der Waals surface area contributed by atoms with Crippen molar-refractivity contribution in [3.8, 4) is 0 Å². The van der Waals surface area contributed by atoms with Crippen molar-refractivity contribution >= 4 is 35.3 Å². The summed E-state index contributed by atoms with van der Waals surface area (Å²) in [7, 11) is 0. The Morgan fingerprint density at radius 2 is 1.00 bits per heavy atom. The molecule has 0 aliphatic rings. The zero-order valence-corrected chi connectivity index (χ0v) is 14.0. The Balaban J connectivity index is 2.18. The molecular formula is C16H18O2S3. The van der Waals surface area contributed by atoms with Gasteiger partial charge >= 0.3 is 0 Å². The molecule has 2 aromatic rings. The molecular weight excluding hydrogens is 320 g/mol. The van der Waals surface area contributed by atoms with Crippen LogP contribution in [-0.2, 0) is 0 Å². The van der Waals surface area contributed by atoms with E-state index in [1.165, 1.54) is 19.6 Å². The van der Waals surface area contributed by atoms with Gasteiger partial charge in [0.2, 0.25) is 0 Å². The first-order valence-corrected chi connectivity index (χ1v) is 9.47. The Kier molecular flexibility index (Phi) is 7.53. The average molecular weight is 339 g/mol. The lowest BCUT2D eigenvalue weighted by molar-refractivity contribution is 0.322. The van der Waals surface area contributed by atoms with Gasteiger partial charge in [0.15, 0.2) is 0 Å². The first-order valence-electron chi connectivity index (χ1n) is 6.68. The second kappa shape index (κ2) is 9.43. The van der Waals surface area contributed by atoms with Crippen LogP contribution in [0.25, 0.3) is 0 Å². The van der Waals surface area contributed by atoms with Crippen LogP contribution < -0.4 is 0 Å². The van der Waals surface area contributed by atoms with Crippen LogP contribution in [0.3, 0.4) is 0 Å². The maximum Gasteiger partial charge on any atom is 0.0525 e. The fourth-order valence-electron chi connectivity index (χ4n) is 1.74. The summed E-state index contributed by atoms with van der Waals surface area (Å²) in [6, 6.07) is 16.5. The summed E-state index contributed by atoms with van der Waals surface area (Å²) in [4.78, 5) is 4.79. The van der Waals surface area contributed by atoms with Crippen molar-refractivity contribution in [2.24, 2.45) is 0 Å². The van der Waals surface area contributed by atoms with Crippen molar-refractivity contribution in [3.05, 3.63) is 48.5 Å². The highest BCUT2D eigenvalue weighted by atomic mass is 32.2. The number of benzene rings is 2. The van der Waals surface area contributed by atoms with Crippen molar-refractivity contribution in [1.82, 2.24) is 0 Å². The minimum atomic E-state index is 0.187. The van der Waals surface area contributed by atoms with E-state index in [0.29, 0.717) is 11.5 Å². The van der Waals surface area contributed by atoms with E-state index in [-0.39, 0.29) is 13.2 Å². The van der Waals surface area contributed by atoms with Crippen LogP contribution in [0.15, 0.2) is 68.1 Å². The first kappa shape index (κ1) is 16.8. The van der Waals surface area contributed by atoms with Gasteiger partial charge in [0.1, 0.15) is 0 Å². The molecule has 0 unspecified atom stereocenters. The maximum atomic E-state index is 8.99. The van der Waals surface area contributed by atoms with Gasteiger partial charge in [-0.15, -0.1) is 23.5 Å². The Morgan fingerprint density at radius 1 is 0.619 bits per heavy atom. The summed E-state index contributed by atoms with van der Waals surface area (Å²) in [5.41, 5.74) is 0. The molecule has 0 spiro atoms. The predicted molar refractivity (Wildman–Crippen MR) is 92.6 cm³/mol. The third-order valence-corrected chi connectivity index (χ3v) is 6.13. The first-order chi connectivity index (χ1) is 10.3. The molecule has 0 heterocycles. The molecule has 5 heteroatoms. The second-order valence-electron chi connectivity index (χ2n) is 4.14. The smallest absolute Gasteiger partial charge is 0.0525 e. The molecule has 2 nitrogen and oxygen atoms in total. The molecule has 0 fully saturated rings. The van der Waals surface area contributed by atoms with Crippen molar-refractivity contribution in [2.45, 2.75) is 19.6 Å². The molecule has 2 aromatic carbocycles. The second-order valence-corrected chi connectivity index (χ2v) is 7.50. The van der Waals surface area contributed by atoms with E-state index in [4.69, 9.17) is 10.2 Å². The van der Waals surface area contributed by atoms with Crippen molar-refractivity contribution < 1.29 is 10.2 Å². The Bertz CT molecular complexity index is 511. The van der Waals surface area contributed by atoms with Gasteiger partial charge in [0, 0.05) is 31.1 Å². The van der Waals surface area contributed by atoms with E-state index in [1.54, 1.807) is 35.3 Å². The third-order valence-electron chi connectivity index (χ3n) is 2.62. The summed E-state index contributed by atoms with van der Waals surface area (Å²) in [5.74, 6) is 1.41. The summed E-state index contributed by atoms with van der Waals surface area (Å²) >= 11 is 5.08. The van der Waals surface area contributed by atoms with E-state index in [0.717, 1.165) is 0 Å². The van der Waals surface area contributed by atoms with Gasteiger partial charge in [-0.3, -0.25) is 0 Å². The van der Waals surface area contributed by atoms with Crippen LogP contribution in [0, 0.1) is 0 Å². The molecule has 0 aromatic heterocycles. The fraction of sp³-hybridized carbons (Fsp3) is 0.250. The number of hydrogen-bond donors (Lipinski definition) is 2. The molecule has 0 aliphatic heterocycles. The number of rotatable bonds is 8. The molecule has 0 aliphatic carbocycles. The Morgan fingerprint density at radius 3 is 1.38 bits per heavy atom. The zero-order chi connectivity index (χ0) is 14.9. The van der Waals surface area contributed by atoms with Crippen LogP contribution >= 0.6 is 35.3 Å². The van der Waals surface area contributed by atoms with Crippen molar-refractivity contribution in [2.75, 3.05) is 24.7 Å². The van der Waals surface area contributed by atoms with E-state index in [9.17, 15) is 0 Å². The predicted octanol–water partition coefficient (Wildman–Crippen LogP) is 4.01. The highest BCUT2D eigenvalue weighted by Crippen LogP contribution is 2.39. The summed E-state index contributed by atoms with van der Waals surface area (Å²) in [6.45, 7) is 0.374. The van der Waals surface area contributed by atoms with Crippen LogP contribution in [-0.4, -0.2) is 34.9 Å². The largest absolute Gasteiger partial charge is 0.396 e. The standard InChI is InChI=1S/C16H18O2S3/c17-9-11-19-13-5-1-3-7-15(13)21-16-8-4-2-6-14(16)20-12-10-18/h1-8,17-18H,9-12H2. The Hall–Kier alpha value is -0.590. The van der Waals surface area contributed by atoms with E-state index in [2.05, 4.69) is 24.3 Å². The fourth-order valence-corrected chi connectivity index (χ4v) is 4.60. The van der Waals surface area contributed by atoms with Gasteiger partial charge in [-0.05, 0) is 24.3 Å². The Labute approximate surface area is 138 Å². The molecule has 0 saturated carbocycles. The van der Waals surface area contributed by atoms with Crippen molar-refractivity contribution in [1.29, 1.82) is 0 Å². The van der Waals surface area contributed by atoms with Gasteiger partial charge < -0.3 is 10.2 Å². The van der Waals surface area contributed by atoms with Gasteiger partial charge in [-0.1, -0.05) is 36.0 Å². The number of hydrogen-bond acceptors (Lipinski definition) is 5. The molecule has 112 valence electrons. The monoisotopic (exact) mass is 338 g/mol. The minimum Gasteiger partial charge on any atom is -0.396 e. The van der Waals surface area contributed by atoms with Crippen LogP contribution in [0.1, 0.15) is 0 Å². The van der Waals surface area contributed by atoms with Gasteiger partial charge in [0.25, 0.3) is 0 Å². The van der Waals surface area contributed by atoms with E-state index < -0.39 is 0 Å². The topological polar surface area (TPSA) is 40.5 Å². The molecule has 2 N–H and O–H groups in total. The average Bonchev–Trinajstić information content (AvgIpc) is 2.53. The van der Waals surface area contributed by atoms with Crippen LogP contribution in [0.2, 0.25) is 0 Å². The normalized spacial score (nSPS) is 10.8. The van der Waals surface area contributed by atoms with Crippen molar-refractivity contribution in [3.63, 3.8) is 0 Å². The quantitative estimate of drug-likeness (QED) is 0.712. The number of aliphatic hydroxyl groups is 2. The molecule has 0 atom stereocenters. The van der Waals surface area contributed by atoms with Gasteiger partial charge in [0.05, 0.1) is 13.2 Å². The highest BCUT2D eigenvalue weighted by molar-refractivity contribution is 8.03. The zero-order valence-electron chi connectivity index (χ0n) is 11.6. The highest BCUT2D eigenvalue weighted by Gasteiger charge is 2.08. The lowest BCUT2D eigenvalue weighted by Crippen LogP contribution is -1.89. The van der Waals surface area contributed by atoms with Gasteiger partial charge in [-0.2, -0.15) is 0 Å². The molecule has 21 heavy (non-hydrogen) atoms. The number of aliphatic hydroxyl groups excluding tert-OH is 2. The summed E-state index contributed by atoms with van der Waals surface area (Å²) in [5, 5.41) is 18.0. The lowest BCUT2D eigenvalue weighted by Gasteiger charge is -2.11. The van der Waals surface area contributed by atoms with E-state index >= 15 is 0 Å². The minimum absolute atomic E-state index is 0.187. The summed E-state index contributed by atoms with van der Waals surface area (Å²) in [6.07, 6.45) is 0. The SMILES string of the molecule is OCCSc1ccccc1Sc1ccccc1SCCO. The lowest BCUT2D eigenvalue weighted by atomic mass is 10.4. The van der Waals surface area contributed by atoms with Crippen LogP contribution in [0.4, 0.5) is 0 Å². The molecule has 0 saturated heterocycles. The van der Waals surface area contributed by atoms with Crippen LogP contribution in [0.5, 0.6) is 0 Å². The number of thioether (sulfide) groups is 2. The molecule has 2 rings (SSSR count). The van der Waals surface area contributed by atoms with Gasteiger partial charge in [-0.25, -0.2) is 0 Å². The summed E-state index contributed by atoms with van der Waals surface area (Å²) < 4.78 is 0. The molecule has 0 bridgehead atoms. The maximum absolute atomic E-state index is 8.99. The third kappa shape index (κ3) is 5.27.